The molecule has 0 bridgehead atoms. The Morgan fingerprint density at radius 1 is 0.778 bits per heavy atom. The van der Waals surface area contributed by atoms with Crippen molar-refractivity contribution < 1.29 is 0 Å². The molecule has 0 aliphatic heterocycles. The van der Waals surface area contributed by atoms with Crippen LogP contribution in [-0.2, 0) is 0 Å². The molecule has 0 rings (SSSR count). The van der Waals surface area contributed by atoms with Gasteiger partial charge in [0.1, 0.15) is 0 Å². The van der Waals surface area contributed by atoms with Crippen LogP contribution in [0.2, 0.25) is 0 Å². The van der Waals surface area contributed by atoms with Crippen LogP contribution in [0.4, 0.5) is 0 Å². The Hall–Kier alpha value is -0.780. The fourth-order valence-corrected chi connectivity index (χ4v) is 1.17. The Labute approximate surface area is 117 Å². The van der Waals surface area contributed by atoms with E-state index < -0.39 is 0 Å². The van der Waals surface area contributed by atoms with Gasteiger partial charge in [0.2, 0.25) is 0 Å². The maximum absolute atomic E-state index is 3.72. The molecule has 0 aromatic carbocycles. The van der Waals surface area contributed by atoms with Crippen LogP contribution in [0.25, 0.3) is 0 Å². The van der Waals surface area contributed by atoms with Crippen LogP contribution >= 0.6 is 0 Å². The molecule has 0 aromatic heterocycles. The van der Waals surface area contributed by atoms with E-state index in [2.05, 4.69) is 46.9 Å². The van der Waals surface area contributed by atoms with E-state index in [4.69, 9.17) is 0 Å². The van der Waals surface area contributed by atoms with Crippen molar-refractivity contribution in [1.29, 1.82) is 0 Å². The van der Waals surface area contributed by atoms with Crippen molar-refractivity contribution in [3.63, 3.8) is 0 Å². The highest BCUT2D eigenvalue weighted by Gasteiger charge is 1.80. The summed E-state index contributed by atoms with van der Waals surface area (Å²) in [5.74, 6) is 0. The van der Waals surface area contributed by atoms with Gasteiger partial charge >= 0.3 is 0 Å². The average molecular weight is 252 g/mol. The molecule has 0 N–H and O–H groups in total. The number of unbranched alkanes of at least 4 members (excludes halogenated alkanes) is 4. The molecule has 0 aromatic rings. The van der Waals surface area contributed by atoms with Gasteiger partial charge in [-0.15, -0.1) is 6.58 Å². The second-order valence-electron chi connectivity index (χ2n) is 5.34. The van der Waals surface area contributed by atoms with E-state index >= 15 is 0 Å². The van der Waals surface area contributed by atoms with Gasteiger partial charge in [-0.25, -0.2) is 0 Å². The first-order valence-corrected chi connectivity index (χ1v) is 7.20. The topological polar surface area (TPSA) is 0 Å². The van der Waals surface area contributed by atoms with E-state index in [0.29, 0.717) is 0 Å². The van der Waals surface area contributed by atoms with Gasteiger partial charge in [-0.2, -0.15) is 0 Å². The van der Waals surface area contributed by atoms with E-state index in [1.54, 1.807) is 0 Å². The molecule has 0 amide bonds. The van der Waals surface area contributed by atoms with Crippen molar-refractivity contribution in [3.05, 3.63) is 36.0 Å². The second-order valence-corrected chi connectivity index (χ2v) is 5.34. The van der Waals surface area contributed by atoms with Crippen molar-refractivity contribution >= 4 is 0 Å². The summed E-state index contributed by atoms with van der Waals surface area (Å²) in [6, 6.07) is 0. The van der Waals surface area contributed by atoms with E-state index in [0.717, 1.165) is 5.57 Å². The normalized spacial score (nSPS) is 8.17. The molecule has 0 aliphatic carbocycles. The maximum Gasteiger partial charge on any atom is -0.0404 e. The summed E-state index contributed by atoms with van der Waals surface area (Å²) in [7, 11) is 0. The van der Waals surface area contributed by atoms with E-state index in [1.165, 1.54) is 43.3 Å². The Kier molecular flexibility index (Phi) is 23.1. The van der Waals surface area contributed by atoms with Crippen molar-refractivity contribution in [2.45, 2.75) is 80.6 Å². The largest absolute Gasteiger partial charge is 0.100 e. The lowest BCUT2D eigenvalue weighted by atomic mass is 10.2. The number of rotatable bonds is 5. The minimum atomic E-state index is 1.12. The smallest absolute Gasteiger partial charge is 0.0404 e. The van der Waals surface area contributed by atoms with Crippen molar-refractivity contribution in [1.82, 2.24) is 0 Å². The predicted octanol–water partition coefficient (Wildman–Crippen LogP) is 7.09. The molecule has 108 valence electrons. The number of hydrogen-bond acceptors (Lipinski definition) is 0. The van der Waals surface area contributed by atoms with Gasteiger partial charge in [0.05, 0.1) is 0 Å². The molecule has 0 aliphatic rings. The molecule has 0 heteroatoms. The van der Waals surface area contributed by atoms with E-state index in [1.807, 2.05) is 20.8 Å². The Bertz CT molecular complexity index is 206. The average Bonchev–Trinajstić information content (AvgIpc) is 2.16. The molecular weight excluding hydrogens is 216 g/mol. The van der Waals surface area contributed by atoms with Crippen LogP contribution in [0, 0.1) is 0 Å². The third-order valence-electron chi connectivity index (χ3n) is 1.74. The van der Waals surface area contributed by atoms with Crippen LogP contribution < -0.4 is 0 Å². The zero-order valence-electron chi connectivity index (χ0n) is 14.0. The lowest BCUT2D eigenvalue weighted by molar-refractivity contribution is 0.656. The third kappa shape index (κ3) is 59.0. The number of hydrogen-bond donors (Lipinski definition) is 0. The highest BCUT2D eigenvalue weighted by Crippen LogP contribution is 2.00. The van der Waals surface area contributed by atoms with Gasteiger partial charge in [0.25, 0.3) is 0 Å². The minimum Gasteiger partial charge on any atom is -0.100 e. The van der Waals surface area contributed by atoms with E-state index in [-0.39, 0.29) is 0 Å². The summed E-state index contributed by atoms with van der Waals surface area (Å²) in [6.07, 6.45) is 9.06. The SMILES string of the molecule is C=C(C)C.C=C(C)C=C(C)C.CCCCCCC. The van der Waals surface area contributed by atoms with Crippen LogP contribution in [0.1, 0.15) is 80.6 Å². The Morgan fingerprint density at radius 2 is 1.11 bits per heavy atom. The molecule has 0 atom stereocenters. The fraction of sp³-hybridized carbons (Fsp3) is 0.667. The van der Waals surface area contributed by atoms with Crippen LogP contribution in [0.5, 0.6) is 0 Å². The zero-order valence-corrected chi connectivity index (χ0v) is 14.0. The quantitative estimate of drug-likeness (QED) is 0.278. The van der Waals surface area contributed by atoms with Gasteiger partial charge in [0, 0.05) is 0 Å². The summed E-state index contributed by atoms with van der Waals surface area (Å²) in [4.78, 5) is 0. The predicted molar refractivity (Wildman–Crippen MR) is 89.2 cm³/mol. The van der Waals surface area contributed by atoms with Crippen molar-refractivity contribution in [3.8, 4) is 0 Å². The summed E-state index contributed by atoms with van der Waals surface area (Å²) in [5, 5.41) is 0. The first-order valence-electron chi connectivity index (χ1n) is 7.20. The molecule has 0 saturated heterocycles. The molecule has 0 saturated carbocycles. The van der Waals surface area contributed by atoms with Gasteiger partial charge in [0.15, 0.2) is 0 Å². The molecule has 0 radical (unpaired) electrons. The Morgan fingerprint density at radius 3 is 1.22 bits per heavy atom. The summed E-state index contributed by atoms with van der Waals surface area (Å²) in [5.41, 5.74) is 3.60. The highest BCUT2D eigenvalue weighted by molar-refractivity contribution is 5.15. The minimum absolute atomic E-state index is 1.12. The molecule has 18 heavy (non-hydrogen) atoms. The molecule has 0 unspecified atom stereocenters. The van der Waals surface area contributed by atoms with Crippen LogP contribution in [0.15, 0.2) is 36.0 Å². The van der Waals surface area contributed by atoms with Gasteiger partial charge < -0.3 is 0 Å². The second kappa shape index (κ2) is 18.6. The fourth-order valence-electron chi connectivity index (χ4n) is 1.17. The molecule has 0 heterocycles. The molecular formula is C18H36. The van der Waals surface area contributed by atoms with Crippen molar-refractivity contribution in [2.75, 3.05) is 0 Å². The molecule has 0 spiro atoms. The number of allylic oxidation sites excluding steroid dienone is 4. The summed E-state index contributed by atoms with van der Waals surface area (Å²) < 4.78 is 0. The third-order valence-corrected chi connectivity index (χ3v) is 1.74. The monoisotopic (exact) mass is 252 g/mol. The summed E-state index contributed by atoms with van der Waals surface area (Å²) >= 11 is 0. The molecule has 0 nitrogen and oxygen atoms in total. The van der Waals surface area contributed by atoms with Crippen molar-refractivity contribution in [2.24, 2.45) is 0 Å². The zero-order chi connectivity index (χ0) is 15.0. The van der Waals surface area contributed by atoms with Gasteiger partial charge in [-0.3, -0.25) is 0 Å². The first kappa shape index (κ1) is 22.4. The van der Waals surface area contributed by atoms with Gasteiger partial charge in [-0.05, 0) is 34.6 Å². The standard InChI is InChI=1S/C7H12.C7H16.C4H8/c1-6(2)5-7(3)4;1-3-5-7-6-4-2;1-4(2)3/h5H,1H2,2-4H3;3-7H2,1-2H3;1H2,2-3H3. The first-order chi connectivity index (χ1) is 8.27. The lowest BCUT2D eigenvalue weighted by Gasteiger charge is -1.90. The Balaban J connectivity index is -0.000000196. The maximum atomic E-state index is 3.72. The summed E-state index contributed by atoms with van der Waals surface area (Å²) in [6.45, 7) is 21.8. The van der Waals surface area contributed by atoms with Gasteiger partial charge in [-0.1, -0.05) is 75.3 Å². The highest BCUT2D eigenvalue weighted by atomic mass is 13.9. The molecule has 0 fully saturated rings. The lowest BCUT2D eigenvalue weighted by Crippen LogP contribution is -1.70. The van der Waals surface area contributed by atoms with Crippen LogP contribution in [0.3, 0.4) is 0 Å². The van der Waals surface area contributed by atoms with E-state index in [9.17, 15) is 0 Å². The van der Waals surface area contributed by atoms with Crippen LogP contribution in [-0.4, -0.2) is 0 Å².